The van der Waals surface area contributed by atoms with Gasteiger partial charge in [0.1, 0.15) is 17.7 Å². The number of hydrogen-bond acceptors (Lipinski definition) is 10. The van der Waals surface area contributed by atoms with Crippen LogP contribution in [0.4, 0.5) is 10.5 Å². The van der Waals surface area contributed by atoms with Crippen LogP contribution in [0.1, 0.15) is 106 Å². The van der Waals surface area contributed by atoms with E-state index in [0.717, 1.165) is 11.1 Å². The number of hydrogen-bond donors (Lipinski definition) is 4. The number of amides is 6. The van der Waals surface area contributed by atoms with Gasteiger partial charge in [0.05, 0.1) is 42.7 Å². The fraction of sp³-hybridized carbons (Fsp3) is 0.654. The van der Waals surface area contributed by atoms with Crippen molar-refractivity contribution < 1.29 is 43.0 Å². The normalized spacial score (nSPS) is 17.6. The second-order valence-electron chi connectivity index (χ2n) is 20.3. The zero-order chi connectivity index (χ0) is 51.0. The Balaban J connectivity index is 1.77. The van der Waals surface area contributed by atoms with Gasteiger partial charge >= 0.3 is 6.09 Å². The number of carbonyl (C=O) groups excluding carboxylic acids is 6. The molecule has 0 aliphatic carbocycles. The zero-order valence-corrected chi connectivity index (χ0v) is 43.5. The molecular weight excluding hydrogens is 867 g/mol. The smallest absolute Gasteiger partial charge is 0.412 e. The SMILES string of the molecule is CC[C@H](C)[C@@H]([C@@H](CC(=O)N1CCC[C@H]1[C@H](OC)[C@@H](C)C(=O)NC(Cc1ccccc1)C(=O)NCc1ccc(NC(=O)OC(C)(C)C)cc1)OC)N(C)C(=O)[C@@H](NC(=O)[C@H](C(C)C)N(C)C)C(C)C. The summed E-state index contributed by atoms with van der Waals surface area (Å²) >= 11 is 0. The fourth-order valence-corrected chi connectivity index (χ4v) is 9.21. The molecule has 0 radical (unpaired) electrons. The summed E-state index contributed by atoms with van der Waals surface area (Å²) < 4.78 is 17.4. The number of carbonyl (C=O) groups is 6. The Morgan fingerprint density at radius 2 is 1.43 bits per heavy atom. The standard InChI is InChI=1S/C52H83N7O9/c1-16-34(6)45(58(13)50(64)43(32(2)3)56-49(63)44(33(4)5)57(11)12)41(66-14)30-42(60)59-28-20-23-40(59)46(67-15)35(7)47(61)55-39(29-36-21-18-17-19-22-36)48(62)53-31-37-24-26-38(27-25-37)54-51(65)68-52(8,9)10/h17-19,21-22,24-27,32-35,39-41,43-46H,16,20,23,28-31H2,1-15H3,(H,53,62)(H,54,65)(H,55,61)(H,56,63)/t34-,35+,39?,40-,41+,43-,44-,45-,46+/m0/s1. The van der Waals surface area contributed by atoms with E-state index in [1.54, 1.807) is 75.9 Å². The molecule has 0 spiro atoms. The molecule has 0 aromatic heterocycles. The predicted octanol–water partition coefficient (Wildman–Crippen LogP) is 6.02. The summed E-state index contributed by atoms with van der Waals surface area (Å²) in [5.41, 5.74) is 1.54. The highest BCUT2D eigenvalue weighted by Gasteiger charge is 2.43. The lowest BCUT2D eigenvalue weighted by Crippen LogP contribution is -2.59. The molecule has 16 nitrogen and oxygen atoms in total. The number of methoxy groups -OCH3 is 2. The van der Waals surface area contributed by atoms with Gasteiger partial charge < -0.3 is 40.0 Å². The largest absolute Gasteiger partial charge is 0.444 e. The molecule has 0 bridgehead atoms. The van der Waals surface area contributed by atoms with Gasteiger partial charge in [-0.15, -0.1) is 0 Å². The van der Waals surface area contributed by atoms with Crippen LogP contribution in [-0.2, 0) is 51.1 Å². The molecule has 1 aliphatic rings. The molecule has 4 N–H and O–H groups in total. The fourth-order valence-electron chi connectivity index (χ4n) is 9.21. The molecule has 2 aromatic rings. The Kier molecular flexibility index (Phi) is 22.4. The molecule has 68 heavy (non-hydrogen) atoms. The molecule has 1 saturated heterocycles. The van der Waals surface area contributed by atoms with E-state index in [1.807, 2.05) is 90.9 Å². The molecule has 1 unspecified atom stereocenters. The molecule has 3 rings (SSSR count). The van der Waals surface area contributed by atoms with Crippen LogP contribution in [0.15, 0.2) is 54.6 Å². The van der Waals surface area contributed by atoms with Crippen molar-refractivity contribution in [2.24, 2.45) is 23.7 Å². The van der Waals surface area contributed by atoms with E-state index in [-0.39, 0.29) is 60.8 Å². The van der Waals surface area contributed by atoms with Crippen LogP contribution < -0.4 is 21.3 Å². The minimum absolute atomic E-state index is 0.0201. The van der Waals surface area contributed by atoms with Crippen LogP contribution in [0.25, 0.3) is 0 Å². The van der Waals surface area contributed by atoms with Crippen molar-refractivity contribution in [3.63, 3.8) is 0 Å². The van der Waals surface area contributed by atoms with Crippen molar-refractivity contribution in [2.75, 3.05) is 47.2 Å². The van der Waals surface area contributed by atoms with Crippen LogP contribution in [0.2, 0.25) is 0 Å². The van der Waals surface area contributed by atoms with Crippen molar-refractivity contribution in [1.82, 2.24) is 30.7 Å². The van der Waals surface area contributed by atoms with Crippen molar-refractivity contribution in [1.29, 1.82) is 0 Å². The Morgan fingerprint density at radius 1 is 0.794 bits per heavy atom. The predicted molar refractivity (Wildman–Crippen MR) is 265 cm³/mol. The van der Waals surface area contributed by atoms with Gasteiger partial charge in [0.25, 0.3) is 0 Å². The Bertz CT molecular complexity index is 1930. The van der Waals surface area contributed by atoms with Crippen molar-refractivity contribution in [3.8, 4) is 0 Å². The van der Waals surface area contributed by atoms with E-state index in [2.05, 4.69) is 21.3 Å². The summed E-state index contributed by atoms with van der Waals surface area (Å²) in [6.45, 7) is 19.6. The Hall–Kier alpha value is -5.06. The highest BCUT2D eigenvalue weighted by atomic mass is 16.6. The van der Waals surface area contributed by atoms with Gasteiger partial charge in [-0.1, -0.05) is 97.4 Å². The van der Waals surface area contributed by atoms with Crippen molar-refractivity contribution >= 4 is 41.3 Å². The number of benzene rings is 2. The van der Waals surface area contributed by atoms with Crippen LogP contribution in [-0.4, -0.2) is 140 Å². The van der Waals surface area contributed by atoms with Crippen LogP contribution in [0.3, 0.4) is 0 Å². The Morgan fingerprint density at radius 3 is 1.96 bits per heavy atom. The van der Waals surface area contributed by atoms with Gasteiger partial charge in [0.15, 0.2) is 0 Å². The maximum Gasteiger partial charge on any atom is 0.412 e. The third kappa shape index (κ3) is 16.6. The number of nitrogens with one attached hydrogen (secondary N) is 4. The number of likely N-dealkylation sites (N-methyl/N-ethyl adjacent to an activating group) is 2. The van der Waals surface area contributed by atoms with Crippen LogP contribution in [0.5, 0.6) is 0 Å². The maximum absolute atomic E-state index is 14.5. The first-order valence-corrected chi connectivity index (χ1v) is 24.2. The summed E-state index contributed by atoms with van der Waals surface area (Å²) in [5, 5.41) is 11.7. The highest BCUT2D eigenvalue weighted by Crippen LogP contribution is 2.30. The van der Waals surface area contributed by atoms with Crippen LogP contribution in [0, 0.1) is 23.7 Å². The van der Waals surface area contributed by atoms with Gasteiger partial charge in [-0.05, 0) is 88.7 Å². The number of likely N-dealkylation sites (tertiary alicyclic amines) is 1. The molecule has 380 valence electrons. The maximum atomic E-state index is 14.5. The van der Waals surface area contributed by atoms with E-state index in [4.69, 9.17) is 14.2 Å². The van der Waals surface area contributed by atoms with E-state index >= 15 is 0 Å². The van der Waals surface area contributed by atoms with Gasteiger partial charge in [-0.2, -0.15) is 0 Å². The third-order valence-corrected chi connectivity index (χ3v) is 12.9. The summed E-state index contributed by atoms with van der Waals surface area (Å²) in [4.78, 5) is 87.9. The van der Waals surface area contributed by atoms with E-state index in [9.17, 15) is 28.8 Å². The van der Waals surface area contributed by atoms with Gasteiger partial charge in [0, 0.05) is 46.5 Å². The second-order valence-corrected chi connectivity index (χ2v) is 20.3. The minimum Gasteiger partial charge on any atom is -0.444 e. The molecule has 9 atom stereocenters. The third-order valence-electron chi connectivity index (χ3n) is 12.9. The van der Waals surface area contributed by atoms with Crippen molar-refractivity contribution in [2.45, 2.75) is 156 Å². The molecule has 6 amide bonds. The average molecular weight is 950 g/mol. The number of rotatable bonds is 24. The number of ether oxygens (including phenoxy) is 3. The molecule has 0 saturated carbocycles. The molecular formula is C52H83N7O9. The second kappa shape index (κ2) is 26.6. The summed E-state index contributed by atoms with van der Waals surface area (Å²) in [6.07, 6.45) is 0.290. The lowest BCUT2D eigenvalue weighted by molar-refractivity contribution is -0.148. The van der Waals surface area contributed by atoms with Crippen molar-refractivity contribution in [3.05, 3.63) is 65.7 Å². The van der Waals surface area contributed by atoms with Crippen LogP contribution >= 0.6 is 0 Å². The monoisotopic (exact) mass is 950 g/mol. The number of anilines is 1. The lowest BCUT2D eigenvalue weighted by atomic mass is 9.89. The average Bonchev–Trinajstić information content (AvgIpc) is 3.76. The topological polar surface area (TPSA) is 188 Å². The summed E-state index contributed by atoms with van der Waals surface area (Å²) in [5.74, 6) is -2.42. The van der Waals surface area contributed by atoms with E-state index in [0.29, 0.717) is 31.5 Å². The van der Waals surface area contributed by atoms with E-state index in [1.165, 1.54) is 7.11 Å². The first-order chi connectivity index (χ1) is 31.9. The molecule has 2 aromatic carbocycles. The summed E-state index contributed by atoms with van der Waals surface area (Å²) in [7, 11) is 8.50. The van der Waals surface area contributed by atoms with E-state index < -0.39 is 65.9 Å². The van der Waals surface area contributed by atoms with Gasteiger partial charge in [-0.3, -0.25) is 34.2 Å². The lowest BCUT2D eigenvalue weighted by Gasteiger charge is -2.41. The minimum atomic E-state index is -0.924. The summed E-state index contributed by atoms with van der Waals surface area (Å²) in [6, 6.07) is 13.4. The molecule has 16 heteroatoms. The quantitative estimate of drug-likeness (QED) is 0.0969. The Labute approximate surface area is 406 Å². The first kappa shape index (κ1) is 57.3. The molecule has 1 fully saturated rings. The molecule has 1 aliphatic heterocycles. The first-order valence-electron chi connectivity index (χ1n) is 24.2. The van der Waals surface area contributed by atoms with Gasteiger partial charge in [0.2, 0.25) is 29.5 Å². The number of nitrogens with zero attached hydrogens (tertiary/aromatic N) is 3. The zero-order valence-electron chi connectivity index (χ0n) is 43.5. The van der Waals surface area contributed by atoms with Gasteiger partial charge in [-0.25, -0.2) is 4.79 Å². The molecule has 1 heterocycles. The highest BCUT2D eigenvalue weighted by molar-refractivity contribution is 5.91.